The Morgan fingerprint density at radius 3 is 1.30 bits per heavy atom. The van der Waals surface area contributed by atoms with Gasteiger partial charge in [0.1, 0.15) is 35.3 Å². The van der Waals surface area contributed by atoms with E-state index in [-0.39, 0.29) is 25.9 Å². The number of anilines is 1. The summed E-state index contributed by atoms with van der Waals surface area (Å²) in [6.45, 7) is 6.95. The van der Waals surface area contributed by atoms with Gasteiger partial charge in [-0.3, -0.25) is 19.2 Å². The molecule has 3 aliphatic heterocycles. The van der Waals surface area contributed by atoms with E-state index in [4.69, 9.17) is 11.5 Å². The lowest BCUT2D eigenvalue weighted by Gasteiger charge is -2.40. The third kappa shape index (κ3) is 8.58. The highest BCUT2D eigenvalue weighted by Gasteiger charge is 2.53. The van der Waals surface area contributed by atoms with E-state index in [0.29, 0.717) is 42.5 Å². The molecule has 0 radical (unpaired) electrons. The second-order valence-corrected chi connectivity index (χ2v) is 17.2. The molecule has 3 aromatic rings. The minimum Gasteiger partial charge on any atom is -0.530 e. The van der Waals surface area contributed by atoms with Crippen LogP contribution in [-0.4, -0.2) is 70.8 Å². The van der Waals surface area contributed by atoms with E-state index in [1.807, 2.05) is 4.90 Å². The molecule has 0 saturated carbocycles. The van der Waals surface area contributed by atoms with Crippen molar-refractivity contribution in [3.8, 4) is 0 Å². The number of nitrogens with zero attached hydrogens (tertiary/aromatic N) is 3. The van der Waals surface area contributed by atoms with Crippen molar-refractivity contribution in [3.63, 3.8) is 0 Å². The van der Waals surface area contributed by atoms with Crippen LogP contribution in [0.2, 0.25) is 0 Å². The third-order valence-corrected chi connectivity index (χ3v) is 12.9. The summed E-state index contributed by atoms with van der Waals surface area (Å²) in [4.78, 5) is 82.0. The summed E-state index contributed by atoms with van der Waals surface area (Å²) in [6.07, 6.45) is -5.53. The summed E-state index contributed by atoms with van der Waals surface area (Å²) in [5.74, 6) is -3.75. The van der Waals surface area contributed by atoms with Gasteiger partial charge >= 0.3 is 6.18 Å². The molecule has 3 heterocycles. The van der Waals surface area contributed by atoms with E-state index in [1.165, 1.54) is 21.9 Å². The Labute approximate surface area is 362 Å². The van der Waals surface area contributed by atoms with E-state index in [2.05, 4.69) is 10.6 Å². The summed E-state index contributed by atoms with van der Waals surface area (Å²) in [5.41, 5.74) is 11.0. The second-order valence-electron chi connectivity index (χ2n) is 17.2. The smallest absolute Gasteiger partial charge is 0.416 e. The maximum absolute atomic E-state index is 13.9. The van der Waals surface area contributed by atoms with E-state index in [9.17, 15) is 52.2 Å². The predicted octanol–water partition coefficient (Wildman–Crippen LogP) is 3.31. The molecule has 3 aromatic carbocycles. The maximum atomic E-state index is 13.9. The van der Waals surface area contributed by atoms with E-state index in [0.717, 1.165) is 23.3 Å². The fourth-order valence-electron chi connectivity index (χ4n) is 9.86. The van der Waals surface area contributed by atoms with Gasteiger partial charge in [0.05, 0.1) is 17.6 Å². The highest BCUT2D eigenvalue weighted by molar-refractivity contribution is 5.96. The van der Waals surface area contributed by atoms with Crippen molar-refractivity contribution in [2.24, 2.45) is 23.3 Å². The van der Waals surface area contributed by atoms with Gasteiger partial charge in [0.15, 0.2) is 0 Å². The molecule has 0 aromatic heterocycles. The lowest BCUT2D eigenvalue weighted by molar-refractivity contribution is -0.253. The van der Waals surface area contributed by atoms with Crippen molar-refractivity contribution in [1.29, 1.82) is 0 Å². The molecular weight excluding hydrogens is 824 g/mol. The largest absolute Gasteiger partial charge is 0.530 e. The molecule has 6 N–H and O–H groups in total. The number of hydrogen-bond donors (Lipinski definition) is 4. The first kappa shape index (κ1) is 46.2. The number of amides is 6. The van der Waals surface area contributed by atoms with Crippen molar-refractivity contribution >= 4 is 41.5 Å². The molecule has 15 nitrogen and oxygen atoms in total. The number of carboxylic acid groups (broad SMARTS) is 2. The van der Waals surface area contributed by atoms with Gasteiger partial charge in [-0.05, 0) is 96.9 Å². The predicted molar refractivity (Wildman–Crippen MR) is 219 cm³/mol. The zero-order chi connectivity index (χ0) is 46.2. The number of carbonyl (C=O) groups excluding carboxylic acids is 6. The second kappa shape index (κ2) is 17.8. The number of benzene rings is 3. The van der Waals surface area contributed by atoms with Gasteiger partial charge in [0.2, 0.25) is 23.6 Å². The van der Waals surface area contributed by atoms with Gasteiger partial charge in [-0.1, -0.05) is 76.2 Å². The van der Waals surface area contributed by atoms with Crippen LogP contribution in [0.25, 0.3) is 0 Å². The average molecular weight is 876 g/mol. The summed E-state index contributed by atoms with van der Waals surface area (Å²) in [7, 11) is 0. The number of nitrogens with one attached hydrogen (secondary N) is 2. The number of carbonyl (C=O) groups is 6. The zero-order valence-electron chi connectivity index (χ0n) is 35.4. The fraction of sp³-hybridized carbons (Fsp3) is 0.467. The monoisotopic (exact) mass is 875 g/mol. The molecule has 0 aliphatic carbocycles. The van der Waals surface area contributed by atoms with E-state index in [1.54, 1.807) is 76.2 Å². The van der Waals surface area contributed by atoms with Crippen LogP contribution >= 0.6 is 0 Å². The molecule has 338 valence electrons. The van der Waals surface area contributed by atoms with Crippen LogP contribution in [-0.2, 0) is 36.4 Å². The molecule has 6 amide bonds. The summed E-state index contributed by atoms with van der Waals surface area (Å²) in [5, 5.41) is 27.3. The Kier molecular flexibility index (Phi) is 13.1. The van der Waals surface area contributed by atoms with Gasteiger partial charge in [-0.25, -0.2) is 0 Å². The number of primary amides is 2. The van der Waals surface area contributed by atoms with Crippen LogP contribution in [0.3, 0.4) is 0 Å². The molecule has 3 aliphatic rings. The van der Waals surface area contributed by atoms with Crippen molar-refractivity contribution in [2.45, 2.75) is 108 Å². The first-order chi connectivity index (χ1) is 29.6. The SMILES string of the molecule is CC(C)[C@H](NC(=O)[O-])C(=O)N1CCC[C@@]1(C(N)=O)c1ccc([C@H]2CC[C@H](c3ccc([C@]4(C(N)=O)CCCN4C(=O)[C@@H](NC(=O)[O-])C(C)C)cc3)N2c2ccc(C(F)(F)F)cc2)cc1. The van der Waals surface area contributed by atoms with Crippen molar-refractivity contribution < 1.29 is 52.2 Å². The van der Waals surface area contributed by atoms with Gasteiger partial charge < -0.3 is 56.6 Å². The van der Waals surface area contributed by atoms with Gasteiger partial charge in [-0.15, -0.1) is 0 Å². The Morgan fingerprint density at radius 1 is 0.635 bits per heavy atom. The van der Waals surface area contributed by atoms with Crippen LogP contribution in [0.4, 0.5) is 28.4 Å². The number of likely N-dealkylation sites (tertiary alicyclic amines) is 2. The van der Waals surface area contributed by atoms with Crippen LogP contribution in [0, 0.1) is 11.8 Å². The van der Waals surface area contributed by atoms with Crippen molar-refractivity contribution in [2.75, 3.05) is 18.0 Å². The Hall–Kier alpha value is -6.33. The lowest BCUT2D eigenvalue weighted by Crippen LogP contribution is -2.60. The summed E-state index contributed by atoms with van der Waals surface area (Å²) >= 11 is 0. The third-order valence-electron chi connectivity index (χ3n) is 12.9. The molecular formula is C45H52F3N7O8-2. The lowest BCUT2D eigenvalue weighted by atomic mass is 9.84. The molecule has 0 unspecified atom stereocenters. The van der Waals surface area contributed by atoms with Gasteiger partial charge in [-0.2, -0.15) is 13.2 Å². The molecule has 0 bridgehead atoms. The Morgan fingerprint density at radius 2 is 1.00 bits per heavy atom. The van der Waals surface area contributed by atoms with E-state index < -0.39 is 94.6 Å². The van der Waals surface area contributed by atoms with Crippen molar-refractivity contribution in [1.82, 2.24) is 20.4 Å². The molecule has 18 heteroatoms. The van der Waals surface area contributed by atoms with Crippen LogP contribution in [0.5, 0.6) is 0 Å². The number of nitrogens with two attached hydrogens (primary N) is 2. The molecule has 6 atom stereocenters. The van der Waals surface area contributed by atoms with Crippen molar-refractivity contribution in [3.05, 3.63) is 101 Å². The number of hydrogen-bond acceptors (Lipinski definition) is 9. The highest BCUT2D eigenvalue weighted by Crippen LogP contribution is 2.49. The first-order valence-corrected chi connectivity index (χ1v) is 21.0. The summed E-state index contributed by atoms with van der Waals surface area (Å²) in [6, 6.07) is 15.6. The van der Waals surface area contributed by atoms with Crippen LogP contribution < -0.4 is 37.2 Å². The van der Waals surface area contributed by atoms with Crippen LogP contribution in [0.1, 0.15) is 106 Å². The topological polar surface area (TPSA) is 234 Å². The Balaban J connectivity index is 1.36. The van der Waals surface area contributed by atoms with Gasteiger partial charge in [0.25, 0.3) is 0 Å². The Bertz CT molecular complexity index is 2090. The highest BCUT2D eigenvalue weighted by atomic mass is 19.4. The molecule has 0 spiro atoms. The summed E-state index contributed by atoms with van der Waals surface area (Å²) < 4.78 is 41.2. The number of halogens is 3. The molecule has 6 rings (SSSR count). The molecule has 3 saturated heterocycles. The number of rotatable bonds is 13. The van der Waals surface area contributed by atoms with Crippen LogP contribution in [0.15, 0.2) is 72.8 Å². The zero-order valence-corrected chi connectivity index (χ0v) is 35.4. The number of alkyl halides is 3. The molecule has 63 heavy (non-hydrogen) atoms. The normalized spacial score (nSPS) is 23.5. The first-order valence-electron chi connectivity index (χ1n) is 21.0. The quantitative estimate of drug-likeness (QED) is 0.197. The standard InChI is InChI=1S/C45H54F3N7O8/c1-25(2)35(51-41(60)61)37(56)53-23-5-21-43(53,39(49)58)29-11-7-27(8-12-29)33-19-20-34(55(33)32-17-15-31(16-18-32)45(46,47)48)28-9-13-30(14-10-28)44(40(50)59)22-6-24-54(44)38(57)36(26(3)4)52-42(62)63/h7-18,25-26,33-36,51-52H,5-6,19-24H2,1-4H3,(H2,49,58)(H2,50,59)(H,60,61)(H,62,63)/p-2/t33-,34-,35+,36+,43+,44+/m1/s1. The van der Waals surface area contributed by atoms with E-state index >= 15 is 0 Å². The maximum Gasteiger partial charge on any atom is 0.416 e. The molecule has 3 fully saturated rings. The van der Waals surface area contributed by atoms with Gasteiger partial charge in [0, 0.05) is 18.8 Å². The average Bonchev–Trinajstić information content (AvgIpc) is 4.00. The fourth-order valence-corrected chi connectivity index (χ4v) is 9.86. The minimum absolute atomic E-state index is 0.152. The minimum atomic E-state index is -4.57.